The molecule has 3 nitrogen and oxygen atoms in total. The fourth-order valence-corrected chi connectivity index (χ4v) is 3.14. The summed E-state index contributed by atoms with van der Waals surface area (Å²) in [6.45, 7) is 4.78. The Labute approximate surface area is 123 Å². The van der Waals surface area contributed by atoms with Crippen molar-refractivity contribution in [2.24, 2.45) is 5.73 Å². The fraction of sp³-hybridized carbons (Fsp3) is 0.286. The van der Waals surface area contributed by atoms with Gasteiger partial charge in [0, 0.05) is 23.3 Å². The molecule has 0 unspecified atom stereocenters. The Kier molecular flexibility index (Phi) is 4.17. The smallest absolute Gasteiger partial charge is 0.107 e. The van der Waals surface area contributed by atoms with Crippen molar-refractivity contribution in [2.75, 3.05) is 11.9 Å². The van der Waals surface area contributed by atoms with Crippen molar-refractivity contribution in [3.63, 3.8) is 0 Å². The number of thiocarbonyl (C=S) groups is 1. The molecule has 0 spiro atoms. The Hall–Kier alpha value is -1.46. The van der Waals surface area contributed by atoms with Crippen LogP contribution in [0.25, 0.3) is 0 Å². The maximum Gasteiger partial charge on any atom is 0.107 e. The summed E-state index contributed by atoms with van der Waals surface area (Å²) in [4.78, 5) is 8.32. The molecule has 0 aliphatic heterocycles. The quantitative estimate of drug-likeness (QED) is 0.879. The molecule has 0 bridgehead atoms. The van der Waals surface area contributed by atoms with Crippen LogP contribution in [0.5, 0.6) is 0 Å². The average molecular weight is 291 g/mol. The first-order chi connectivity index (χ1) is 8.99. The van der Waals surface area contributed by atoms with Gasteiger partial charge in [0.05, 0.1) is 17.8 Å². The fourth-order valence-electron chi connectivity index (χ4n) is 2.14. The molecule has 2 aromatic rings. The molecule has 0 aliphatic rings. The van der Waals surface area contributed by atoms with E-state index < -0.39 is 0 Å². The number of nitrogens with two attached hydrogens (primary N) is 1. The van der Waals surface area contributed by atoms with Gasteiger partial charge in [0.1, 0.15) is 4.99 Å². The lowest BCUT2D eigenvalue weighted by Crippen LogP contribution is -2.23. The molecule has 0 atom stereocenters. The second-order valence-electron chi connectivity index (χ2n) is 4.54. The van der Waals surface area contributed by atoms with Gasteiger partial charge in [0.25, 0.3) is 0 Å². The monoisotopic (exact) mass is 291 g/mol. The largest absolute Gasteiger partial charge is 0.389 e. The standard InChI is InChI=1S/C14H17N3S2/c1-9-7-12(13(14(15)18)10(2)16-9)17(3)8-11-5-4-6-19-11/h4-7H,8H2,1-3H3,(H2,15,18). The molecule has 0 aliphatic carbocycles. The van der Waals surface area contributed by atoms with Crippen LogP contribution in [0.2, 0.25) is 0 Å². The number of hydrogen-bond acceptors (Lipinski definition) is 4. The molecule has 0 saturated carbocycles. The van der Waals surface area contributed by atoms with E-state index in [9.17, 15) is 0 Å². The topological polar surface area (TPSA) is 42.1 Å². The zero-order valence-electron chi connectivity index (χ0n) is 11.3. The Morgan fingerprint density at radius 3 is 2.79 bits per heavy atom. The molecule has 2 aromatic heterocycles. The molecular weight excluding hydrogens is 274 g/mol. The summed E-state index contributed by atoms with van der Waals surface area (Å²) < 4.78 is 0. The highest BCUT2D eigenvalue weighted by Gasteiger charge is 2.15. The van der Waals surface area contributed by atoms with Crippen molar-refractivity contribution in [3.05, 3.63) is 45.4 Å². The van der Waals surface area contributed by atoms with Gasteiger partial charge in [-0.3, -0.25) is 4.98 Å². The van der Waals surface area contributed by atoms with Crippen LogP contribution in [0, 0.1) is 13.8 Å². The molecule has 2 rings (SSSR count). The highest BCUT2D eigenvalue weighted by atomic mass is 32.1. The number of hydrogen-bond donors (Lipinski definition) is 1. The van der Waals surface area contributed by atoms with Gasteiger partial charge >= 0.3 is 0 Å². The lowest BCUT2D eigenvalue weighted by atomic mass is 10.1. The van der Waals surface area contributed by atoms with E-state index in [4.69, 9.17) is 18.0 Å². The van der Waals surface area contributed by atoms with E-state index in [2.05, 4.69) is 34.4 Å². The number of rotatable bonds is 4. The van der Waals surface area contributed by atoms with E-state index in [1.807, 2.05) is 19.9 Å². The van der Waals surface area contributed by atoms with E-state index >= 15 is 0 Å². The third kappa shape index (κ3) is 3.11. The molecule has 0 fully saturated rings. The zero-order valence-corrected chi connectivity index (χ0v) is 12.9. The van der Waals surface area contributed by atoms with Crippen LogP contribution in [-0.2, 0) is 6.54 Å². The van der Waals surface area contributed by atoms with Gasteiger partial charge in [0.2, 0.25) is 0 Å². The first-order valence-electron chi connectivity index (χ1n) is 6.00. The highest BCUT2D eigenvalue weighted by molar-refractivity contribution is 7.80. The third-order valence-electron chi connectivity index (χ3n) is 2.94. The predicted octanol–water partition coefficient (Wildman–Crippen LogP) is 3.03. The van der Waals surface area contributed by atoms with Crippen molar-refractivity contribution in [2.45, 2.75) is 20.4 Å². The first kappa shape index (κ1) is 14.0. The van der Waals surface area contributed by atoms with E-state index in [-0.39, 0.29) is 0 Å². The second-order valence-corrected chi connectivity index (χ2v) is 6.01. The number of thiophene rings is 1. The summed E-state index contributed by atoms with van der Waals surface area (Å²) in [5.41, 5.74) is 9.63. The predicted molar refractivity (Wildman–Crippen MR) is 86.0 cm³/mol. The van der Waals surface area contributed by atoms with Crippen LogP contribution in [0.4, 0.5) is 5.69 Å². The summed E-state index contributed by atoms with van der Waals surface area (Å²) >= 11 is 6.91. The summed E-state index contributed by atoms with van der Waals surface area (Å²) in [6, 6.07) is 6.23. The minimum absolute atomic E-state index is 0.401. The molecule has 5 heteroatoms. The summed E-state index contributed by atoms with van der Waals surface area (Å²) in [5.74, 6) is 0. The maximum atomic E-state index is 5.84. The third-order valence-corrected chi connectivity index (χ3v) is 4.00. The number of aromatic nitrogens is 1. The first-order valence-corrected chi connectivity index (χ1v) is 7.29. The highest BCUT2D eigenvalue weighted by Crippen LogP contribution is 2.25. The molecule has 0 amide bonds. The number of aryl methyl sites for hydroxylation is 2. The van der Waals surface area contributed by atoms with Gasteiger partial charge in [0.15, 0.2) is 0 Å². The number of pyridine rings is 1. The summed E-state index contributed by atoms with van der Waals surface area (Å²) in [5, 5.41) is 2.08. The van der Waals surface area contributed by atoms with Gasteiger partial charge in [-0.05, 0) is 31.4 Å². The second kappa shape index (κ2) is 5.67. The van der Waals surface area contributed by atoms with Gasteiger partial charge in [-0.2, -0.15) is 0 Å². The Morgan fingerprint density at radius 1 is 1.47 bits per heavy atom. The molecular formula is C14H17N3S2. The number of nitrogens with zero attached hydrogens (tertiary/aromatic N) is 2. The Morgan fingerprint density at radius 2 is 2.21 bits per heavy atom. The van der Waals surface area contributed by atoms with E-state index in [0.29, 0.717) is 4.99 Å². The lowest BCUT2D eigenvalue weighted by molar-refractivity contribution is 0.928. The van der Waals surface area contributed by atoms with Gasteiger partial charge in [-0.1, -0.05) is 18.3 Å². The van der Waals surface area contributed by atoms with E-state index in [1.54, 1.807) is 11.3 Å². The SMILES string of the molecule is Cc1cc(N(C)Cc2cccs2)c(C(N)=S)c(C)n1. The zero-order chi connectivity index (χ0) is 14.0. The molecule has 0 radical (unpaired) electrons. The normalized spacial score (nSPS) is 10.5. The van der Waals surface area contributed by atoms with Crippen molar-refractivity contribution in [1.82, 2.24) is 4.98 Å². The van der Waals surface area contributed by atoms with Gasteiger partial charge in [-0.15, -0.1) is 11.3 Å². The van der Waals surface area contributed by atoms with Crippen LogP contribution in [-0.4, -0.2) is 17.0 Å². The van der Waals surface area contributed by atoms with E-state index in [0.717, 1.165) is 29.2 Å². The van der Waals surface area contributed by atoms with Crippen LogP contribution in [0.3, 0.4) is 0 Å². The minimum atomic E-state index is 0.401. The van der Waals surface area contributed by atoms with Crippen LogP contribution in [0.15, 0.2) is 23.6 Å². The average Bonchev–Trinajstić information content (AvgIpc) is 2.79. The molecule has 0 aromatic carbocycles. The minimum Gasteiger partial charge on any atom is -0.389 e. The van der Waals surface area contributed by atoms with E-state index in [1.165, 1.54) is 4.88 Å². The molecule has 100 valence electrons. The van der Waals surface area contributed by atoms with Crippen molar-refractivity contribution in [1.29, 1.82) is 0 Å². The molecule has 19 heavy (non-hydrogen) atoms. The van der Waals surface area contributed by atoms with Crippen LogP contribution >= 0.6 is 23.6 Å². The summed E-state index contributed by atoms with van der Waals surface area (Å²) in [6.07, 6.45) is 0. The van der Waals surface area contributed by atoms with Crippen LogP contribution < -0.4 is 10.6 Å². The van der Waals surface area contributed by atoms with Gasteiger partial charge < -0.3 is 10.6 Å². The van der Waals surface area contributed by atoms with Crippen molar-refractivity contribution >= 4 is 34.2 Å². The molecule has 2 heterocycles. The number of anilines is 1. The van der Waals surface area contributed by atoms with Gasteiger partial charge in [-0.25, -0.2) is 0 Å². The summed E-state index contributed by atoms with van der Waals surface area (Å²) in [7, 11) is 2.05. The maximum absolute atomic E-state index is 5.84. The Bertz CT molecular complexity index is 591. The molecule has 2 N–H and O–H groups in total. The lowest BCUT2D eigenvalue weighted by Gasteiger charge is -2.23. The van der Waals surface area contributed by atoms with Crippen LogP contribution in [0.1, 0.15) is 21.8 Å². The molecule has 0 saturated heterocycles. The van der Waals surface area contributed by atoms with Crippen molar-refractivity contribution < 1.29 is 0 Å². The van der Waals surface area contributed by atoms with Crippen molar-refractivity contribution in [3.8, 4) is 0 Å². The Balaban J connectivity index is 2.40.